The minimum Gasteiger partial charge on any atom is -0.340 e. The fraction of sp³-hybridized carbons (Fsp3) is 0.667. The molecule has 1 heterocycles. The van der Waals surface area contributed by atoms with Gasteiger partial charge in [0.15, 0.2) is 0 Å². The minimum absolute atomic E-state index is 0.154. The number of carbonyl (C=O) groups is 1. The van der Waals surface area contributed by atoms with Crippen LogP contribution < -0.4 is 0 Å². The van der Waals surface area contributed by atoms with E-state index in [-0.39, 0.29) is 5.91 Å². The Bertz CT molecular complexity index is 768. The summed E-state index contributed by atoms with van der Waals surface area (Å²) in [6, 6.07) is 5.60. The van der Waals surface area contributed by atoms with Crippen molar-refractivity contribution < 1.29 is 13.2 Å². The summed E-state index contributed by atoms with van der Waals surface area (Å²) >= 11 is 0. The summed E-state index contributed by atoms with van der Waals surface area (Å²) in [5.41, 5.74) is 2.47. The first kappa shape index (κ1) is 20.3. The number of hydrogen-bond acceptors (Lipinski definition) is 3. The van der Waals surface area contributed by atoms with Gasteiger partial charge in [-0.2, -0.15) is 4.31 Å². The zero-order valence-electron chi connectivity index (χ0n) is 16.6. The van der Waals surface area contributed by atoms with Gasteiger partial charge in [0.2, 0.25) is 15.9 Å². The first-order chi connectivity index (χ1) is 12.9. The summed E-state index contributed by atoms with van der Waals surface area (Å²) in [4.78, 5) is 14.7. The molecule has 0 spiro atoms. The van der Waals surface area contributed by atoms with E-state index >= 15 is 0 Å². The summed E-state index contributed by atoms with van der Waals surface area (Å²) in [5, 5.41) is 0. The van der Waals surface area contributed by atoms with Crippen LogP contribution in [0.5, 0.6) is 0 Å². The zero-order chi connectivity index (χ0) is 19.4. The number of rotatable bonds is 6. The van der Waals surface area contributed by atoms with Crippen molar-refractivity contribution >= 4 is 15.9 Å². The van der Waals surface area contributed by atoms with Gasteiger partial charge in [-0.05, 0) is 54.9 Å². The Morgan fingerprint density at radius 2 is 1.74 bits per heavy atom. The second kappa shape index (κ2) is 8.74. The van der Waals surface area contributed by atoms with E-state index in [0.29, 0.717) is 43.4 Å². The van der Waals surface area contributed by atoms with Crippen LogP contribution >= 0.6 is 0 Å². The number of sulfonamides is 1. The number of fused-ring (bicyclic) bond motifs is 1. The van der Waals surface area contributed by atoms with Crippen molar-refractivity contribution in [2.75, 3.05) is 26.2 Å². The fourth-order valence-corrected chi connectivity index (χ4v) is 5.69. The molecule has 27 heavy (non-hydrogen) atoms. The van der Waals surface area contributed by atoms with Crippen molar-refractivity contribution in [1.29, 1.82) is 0 Å². The molecule has 6 heteroatoms. The average molecular weight is 393 g/mol. The van der Waals surface area contributed by atoms with Gasteiger partial charge in [-0.1, -0.05) is 32.8 Å². The predicted molar refractivity (Wildman–Crippen MR) is 107 cm³/mol. The van der Waals surface area contributed by atoms with Gasteiger partial charge in [0.1, 0.15) is 0 Å². The molecule has 1 saturated heterocycles. The molecule has 1 unspecified atom stereocenters. The maximum absolute atomic E-state index is 13.0. The van der Waals surface area contributed by atoms with Crippen LogP contribution in [0.1, 0.15) is 57.1 Å². The molecule has 3 rings (SSSR count). The first-order valence-corrected chi connectivity index (χ1v) is 11.8. The summed E-state index contributed by atoms with van der Waals surface area (Å²) in [7, 11) is -3.48. The van der Waals surface area contributed by atoms with Crippen molar-refractivity contribution in [2.24, 2.45) is 5.92 Å². The molecule has 0 aromatic heterocycles. The molecule has 1 aromatic carbocycles. The monoisotopic (exact) mass is 392 g/mol. The summed E-state index contributed by atoms with van der Waals surface area (Å²) in [6.07, 6.45) is 7.04. The number of nitrogens with zero attached hydrogens (tertiary/aromatic N) is 2. The third-order valence-corrected chi connectivity index (χ3v) is 7.75. The van der Waals surface area contributed by atoms with Crippen LogP contribution in [0.15, 0.2) is 23.1 Å². The molecule has 1 aliphatic carbocycles. The smallest absolute Gasteiger partial charge is 0.243 e. The lowest BCUT2D eigenvalue weighted by Gasteiger charge is -2.34. The SMILES string of the molecule is CCCC(C)CC(=O)N1CCN(S(=O)(=O)c2ccc3c(c2)CCCC3)CC1. The highest BCUT2D eigenvalue weighted by molar-refractivity contribution is 7.89. The normalized spacial score (nSPS) is 19.6. The maximum atomic E-state index is 13.0. The van der Waals surface area contributed by atoms with Crippen LogP contribution in [0.2, 0.25) is 0 Å². The van der Waals surface area contributed by atoms with Crippen molar-refractivity contribution in [2.45, 2.75) is 63.7 Å². The van der Waals surface area contributed by atoms with Crippen LogP contribution in [-0.4, -0.2) is 49.7 Å². The van der Waals surface area contributed by atoms with Crippen LogP contribution in [-0.2, 0) is 27.7 Å². The lowest BCUT2D eigenvalue weighted by atomic mass is 9.92. The van der Waals surface area contributed by atoms with E-state index in [1.165, 1.54) is 21.9 Å². The van der Waals surface area contributed by atoms with E-state index in [9.17, 15) is 13.2 Å². The summed E-state index contributed by atoms with van der Waals surface area (Å²) in [5.74, 6) is 0.543. The highest BCUT2D eigenvalue weighted by Gasteiger charge is 2.30. The molecule has 1 atom stereocenters. The molecule has 0 saturated carbocycles. The molecular formula is C21H32N2O3S. The van der Waals surface area contributed by atoms with Gasteiger partial charge in [0.05, 0.1) is 4.90 Å². The molecule has 5 nitrogen and oxygen atoms in total. The Morgan fingerprint density at radius 1 is 1.07 bits per heavy atom. The van der Waals surface area contributed by atoms with Crippen LogP contribution in [0.4, 0.5) is 0 Å². The van der Waals surface area contributed by atoms with E-state index < -0.39 is 10.0 Å². The van der Waals surface area contributed by atoms with E-state index in [1.54, 1.807) is 6.07 Å². The van der Waals surface area contributed by atoms with Crippen molar-refractivity contribution in [3.05, 3.63) is 29.3 Å². The highest BCUT2D eigenvalue weighted by Crippen LogP contribution is 2.26. The van der Waals surface area contributed by atoms with Crippen LogP contribution in [0.25, 0.3) is 0 Å². The lowest BCUT2D eigenvalue weighted by molar-refractivity contribution is -0.133. The number of aryl methyl sites for hydroxylation is 2. The molecular weight excluding hydrogens is 360 g/mol. The quantitative estimate of drug-likeness (QED) is 0.747. The molecule has 1 aliphatic heterocycles. The Morgan fingerprint density at radius 3 is 2.41 bits per heavy atom. The number of carbonyl (C=O) groups excluding carboxylic acids is 1. The van der Waals surface area contributed by atoms with Crippen LogP contribution in [0.3, 0.4) is 0 Å². The minimum atomic E-state index is -3.48. The van der Waals surface area contributed by atoms with Crippen molar-refractivity contribution in [3.63, 3.8) is 0 Å². The van der Waals surface area contributed by atoms with E-state index in [2.05, 4.69) is 13.8 Å². The second-order valence-corrected chi connectivity index (χ2v) is 9.96. The van der Waals surface area contributed by atoms with E-state index in [1.807, 2.05) is 17.0 Å². The Kier molecular flexibility index (Phi) is 6.58. The van der Waals surface area contributed by atoms with Gasteiger partial charge in [-0.25, -0.2) is 8.42 Å². The van der Waals surface area contributed by atoms with Crippen LogP contribution in [0, 0.1) is 5.92 Å². The summed E-state index contributed by atoms with van der Waals surface area (Å²) < 4.78 is 27.6. The fourth-order valence-electron chi connectivity index (χ4n) is 4.22. The molecule has 0 radical (unpaired) electrons. The second-order valence-electron chi connectivity index (χ2n) is 8.02. The first-order valence-electron chi connectivity index (χ1n) is 10.3. The summed E-state index contributed by atoms with van der Waals surface area (Å²) in [6.45, 7) is 5.98. The third-order valence-electron chi connectivity index (χ3n) is 5.85. The molecule has 1 aromatic rings. The zero-order valence-corrected chi connectivity index (χ0v) is 17.4. The van der Waals surface area contributed by atoms with Gasteiger partial charge < -0.3 is 4.90 Å². The van der Waals surface area contributed by atoms with Gasteiger partial charge in [-0.3, -0.25) is 4.79 Å². The molecule has 0 N–H and O–H groups in total. The van der Waals surface area contributed by atoms with E-state index in [0.717, 1.165) is 32.1 Å². The van der Waals surface area contributed by atoms with Crippen molar-refractivity contribution in [1.82, 2.24) is 9.21 Å². The van der Waals surface area contributed by atoms with E-state index in [4.69, 9.17) is 0 Å². The molecule has 0 bridgehead atoms. The molecule has 1 amide bonds. The van der Waals surface area contributed by atoms with Gasteiger partial charge in [-0.15, -0.1) is 0 Å². The van der Waals surface area contributed by atoms with Gasteiger partial charge in [0, 0.05) is 32.6 Å². The highest BCUT2D eigenvalue weighted by atomic mass is 32.2. The standard InChI is InChI=1S/C21H32N2O3S/c1-3-6-17(2)15-21(24)22-11-13-23(14-12-22)27(25,26)20-10-9-18-7-4-5-8-19(18)16-20/h9-10,16-17H,3-8,11-15H2,1-2H3. The largest absolute Gasteiger partial charge is 0.340 e. The van der Waals surface area contributed by atoms with Gasteiger partial charge in [0.25, 0.3) is 0 Å². The number of hydrogen-bond donors (Lipinski definition) is 0. The Balaban J connectivity index is 1.62. The number of piperazine rings is 1. The number of benzene rings is 1. The van der Waals surface area contributed by atoms with Gasteiger partial charge >= 0.3 is 0 Å². The Hall–Kier alpha value is -1.40. The lowest BCUT2D eigenvalue weighted by Crippen LogP contribution is -2.50. The molecule has 2 aliphatic rings. The maximum Gasteiger partial charge on any atom is 0.243 e. The van der Waals surface area contributed by atoms with Crippen molar-refractivity contribution in [3.8, 4) is 0 Å². The predicted octanol–water partition coefficient (Wildman–Crippen LogP) is 3.22. The molecule has 150 valence electrons. The third kappa shape index (κ3) is 4.72. The Labute approximate surface area is 163 Å². The molecule has 1 fully saturated rings. The topological polar surface area (TPSA) is 57.7 Å². The number of amides is 1. The average Bonchev–Trinajstić information content (AvgIpc) is 2.67.